The zero-order chi connectivity index (χ0) is 15.7. The van der Waals surface area contributed by atoms with Gasteiger partial charge in [0.2, 0.25) is 0 Å². The number of hydrogen-bond donors (Lipinski definition) is 1. The molecule has 1 aliphatic heterocycles. The number of likely N-dealkylation sites (tertiary alicyclic amines) is 1. The molecule has 22 heavy (non-hydrogen) atoms. The number of aromatic amines is 1. The summed E-state index contributed by atoms with van der Waals surface area (Å²) in [4.78, 5) is 21.0. The molecule has 1 aromatic carbocycles. The Bertz CT molecular complexity index is 744. The number of aryl methyl sites for hydroxylation is 1. The SMILES string of the molecule is Cc1nc([C@@H]2CCN(Cc3cccc(Cl)c3Cl)C2)cc(=O)[nH]1. The van der Waals surface area contributed by atoms with Crippen LogP contribution < -0.4 is 5.56 Å². The summed E-state index contributed by atoms with van der Waals surface area (Å²) in [6.45, 7) is 4.40. The van der Waals surface area contributed by atoms with Gasteiger partial charge in [-0.3, -0.25) is 9.69 Å². The number of H-pyrrole nitrogens is 1. The summed E-state index contributed by atoms with van der Waals surface area (Å²) in [6, 6.07) is 7.31. The molecule has 6 heteroatoms. The van der Waals surface area contributed by atoms with Gasteiger partial charge in [-0.05, 0) is 31.5 Å². The van der Waals surface area contributed by atoms with Crippen molar-refractivity contribution in [2.45, 2.75) is 25.8 Å². The maximum Gasteiger partial charge on any atom is 0.251 e. The summed E-state index contributed by atoms with van der Waals surface area (Å²) in [6.07, 6.45) is 0.994. The summed E-state index contributed by atoms with van der Waals surface area (Å²) in [5.74, 6) is 0.956. The van der Waals surface area contributed by atoms with Crippen molar-refractivity contribution in [1.82, 2.24) is 14.9 Å². The van der Waals surface area contributed by atoms with E-state index in [1.54, 1.807) is 12.1 Å². The Morgan fingerprint density at radius 3 is 3.00 bits per heavy atom. The molecule has 0 unspecified atom stereocenters. The van der Waals surface area contributed by atoms with Crippen LogP contribution >= 0.6 is 23.2 Å². The first-order chi connectivity index (χ1) is 10.5. The average molecular weight is 338 g/mol. The second-order valence-electron chi connectivity index (χ2n) is 5.69. The van der Waals surface area contributed by atoms with Crippen LogP contribution in [0.5, 0.6) is 0 Å². The van der Waals surface area contributed by atoms with E-state index < -0.39 is 0 Å². The Morgan fingerprint density at radius 1 is 1.41 bits per heavy atom. The van der Waals surface area contributed by atoms with E-state index >= 15 is 0 Å². The maximum absolute atomic E-state index is 11.6. The molecular weight excluding hydrogens is 321 g/mol. The number of aromatic nitrogens is 2. The largest absolute Gasteiger partial charge is 0.311 e. The summed E-state index contributed by atoms with van der Waals surface area (Å²) >= 11 is 12.3. The molecule has 1 aliphatic rings. The topological polar surface area (TPSA) is 49.0 Å². The Morgan fingerprint density at radius 2 is 2.23 bits per heavy atom. The van der Waals surface area contributed by atoms with Crippen molar-refractivity contribution in [3.63, 3.8) is 0 Å². The standard InChI is InChI=1S/C16H17Cl2N3O/c1-10-19-14(7-15(22)20-10)11-5-6-21(8-11)9-12-3-2-4-13(17)16(12)18/h2-4,7,11H,5-6,8-9H2,1H3,(H,19,20,22)/t11-/m1/s1. The number of nitrogens with zero attached hydrogens (tertiary/aromatic N) is 2. The zero-order valence-corrected chi connectivity index (χ0v) is 13.8. The number of hydrogen-bond acceptors (Lipinski definition) is 3. The van der Waals surface area contributed by atoms with Crippen LogP contribution in [0.4, 0.5) is 0 Å². The minimum atomic E-state index is -0.0844. The van der Waals surface area contributed by atoms with Crippen molar-refractivity contribution in [2.24, 2.45) is 0 Å². The van der Waals surface area contributed by atoms with Gasteiger partial charge >= 0.3 is 0 Å². The lowest BCUT2D eigenvalue weighted by molar-refractivity contribution is 0.326. The highest BCUT2D eigenvalue weighted by Gasteiger charge is 2.26. The van der Waals surface area contributed by atoms with E-state index in [1.807, 2.05) is 19.1 Å². The van der Waals surface area contributed by atoms with Gasteiger partial charge in [0.1, 0.15) is 5.82 Å². The normalized spacial score (nSPS) is 18.8. The van der Waals surface area contributed by atoms with Crippen LogP contribution in [-0.4, -0.2) is 28.0 Å². The first kappa shape index (κ1) is 15.5. The summed E-state index contributed by atoms with van der Waals surface area (Å²) in [5, 5.41) is 1.21. The molecule has 0 bridgehead atoms. The van der Waals surface area contributed by atoms with Crippen LogP contribution in [0.1, 0.15) is 29.4 Å². The molecule has 116 valence electrons. The first-order valence-electron chi connectivity index (χ1n) is 7.26. The highest BCUT2D eigenvalue weighted by atomic mass is 35.5. The highest BCUT2D eigenvalue weighted by molar-refractivity contribution is 6.42. The number of rotatable bonds is 3. The second-order valence-corrected chi connectivity index (χ2v) is 6.47. The van der Waals surface area contributed by atoms with E-state index in [9.17, 15) is 4.79 Å². The molecule has 2 heterocycles. The zero-order valence-electron chi connectivity index (χ0n) is 12.3. The third-order valence-corrected chi connectivity index (χ3v) is 4.85. The molecule has 1 atom stereocenters. The van der Waals surface area contributed by atoms with Crippen LogP contribution in [-0.2, 0) is 6.54 Å². The maximum atomic E-state index is 11.6. The summed E-state index contributed by atoms with van der Waals surface area (Å²) < 4.78 is 0. The summed E-state index contributed by atoms with van der Waals surface area (Å²) in [7, 11) is 0. The molecule has 1 fully saturated rings. The van der Waals surface area contributed by atoms with Gasteiger partial charge in [0.05, 0.1) is 15.7 Å². The molecular formula is C16H17Cl2N3O. The van der Waals surface area contributed by atoms with Crippen molar-refractivity contribution in [3.05, 3.63) is 61.7 Å². The Labute approximate surface area is 139 Å². The van der Waals surface area contributed by atoms with Crippen molar-refractivity contribution < 1.29 is 0 Å². The molecule has 0 amide bonds. The van der Waals surface area contributed by atoms with Gasteiger partial charge in [0.15, 0.2) is 0 Å². The van der Waals surface area contributed by atoms with Gasteiger partial charge in [-0.25, -0.2) is 4.98 Å². The smallest absolute Gasteiger partial charge is 0.251 e. The molecule has 1 aromatic heterocycles. The minimum absolute atomic E-state index is 0.0844. The molecule has 0 saturated carbocycles. The molecule has 0 aliphatic carbocycles. The average Bonchev–Trinajstić information content (AvgIpc) is 2.91. The fraction of sp³-hybridized carbons (Fsp3) is 0.375. The van der Waals surface area contributed by atoms with Crippen molar-refractivity contribution in [1.29, 1.82) is 0 Å². The van der Waals surface area contributed by atoms with Gasteiger partial charge in [-0.15, -0.1) is 0 Å². The Kier molecular flexibility index (Phi) is 4.52. The van der Waals surface area contributed by atoms with Crippen LogP contribution in [0, 0.1) is 6.92 Å². The third-order valence-electron chi connectivity index (χ3n) is 4.00. The molecule has 4 nitrogen and oxygen atoms in total. The Balaban J connectivity index is 1.72. The van der Waals surface area contributed by atoms with Gasteiger partial charge in [-0.1, -0.05) is 35.3 Å². The van der Waals surface area contributed by atoms with E-state index in [2.05, 4.69) is 14.9 Å². The van der Waals surface area contributed by atoms with E-state index in [0.717, 1.165) is 37.3 Å². The Hall–Kier alpha value is -1.36. The molecule has 3 rings (SSSR count). The predicted molar refractivity (Wildman–Crippen MR) is 88.7 cm³/mol. The van der Waals surface area contributed by atoms with Gasteiger partial charge in [0, 0.05) is 25.1 Å². The monoisotopic (exact) mass is 337 g/mol. The molecule has 2 aromatic rings. The van der Waals surface area contributed by atoms with Crippen molar-refractivity contribution in [2.75, 3.05) is 13.1 Å². The molecule has 1 N–H and O–H groups in total. The van der Waals surface area contributed by atoms with E-state index in [4.69, 9.17) is 23.2 Å². The molecule has 0 radical (unpaired) electrons. The summed E-state index contributed by atoms with van der Waals surface area (Å²) in [5.41, 5.74) is 1.82. The molecule has 1 saturated heterocycles. The fourth-order valence-corrected chi connectivity index (χ4v) is 3.32. The van der Waals surface area contributed by atoms with Crippen molar-refractivity contribution >= 4 is 23.2 Å². The van der Waals surface area contributed by atoms with Crippen molar-refractivity contribution in [3.8, 4) is 0 Å². The first-order valence-corrected chi connectivity index (χ1v) is 8.01. The molecule has 0 spiro atoms. The van der Waals surface area contributed by atoms with E-state index in [0.29, 0.717) is 21.8 Å². The van der Waals surface area contributed by atoms with Crippen LogP contribution in [0.25, 0.3) is 0 Å². The second kappa shape index (κ2) is 6.41. The lowest BCUT2D eigenvalue weighted by atomic mass is 10.0. The predicted octanol–water partition coefficient (Wildman–Crippen LogP) is 3.37. The van der Waals surface area contributed by atoms with Crippen LogP contribution in [0.3, 0.4) is 0 Å². The van der Waals surface area contributed by atoms with Gasteiger partial charge < -0.3 is 4.98 Å². The lowest BCUT2D eigenvalue weighted by Gasteiger charge is -2.17. The number of halogens is 2. The number of nitrogens with one attached hydrogen (secondary N) is 1. The van der Waals surface area contributed by atoms with Gasteiger partial charge in [0.25, 0.3) is 5.56 Å². The van der Waals surface area contributed by atoms with E-state index in [1.165, 1.54) is 0 Å². The van der Waals surface area contributed by atoms with Gasteiger partial charge in [-0.2, -0.15) is 0 Å². The van der Waals surface area contributed by atoms with E-state index in [-0.39, 0.29) is 5.56 Å². The quantitative estimate of drug-likeness (QED) is 0.933. The minimum Gasteiger partial charge on any atom is -0.311 e. The third kappa shape index (κ3) is 3.35. The number of benzene rings is 1. The van der Waals surface area contributed by atoms with Crippen LogP contribution in [0.15, 0.2) is 29.1 Å². The van der Waals surface area contributed by atoms with Crippen LogP contribution in [0.2, 0.25) is 10.0 Å². The highest BCUT2D eigenvalue weighted by Crippen LogP contribution is 2.30. The lowest BCUT2D eigenvalue weighted by Crippen LogP contribution is -2.21. The fourth-order valence-electron chi connectivity index (χ4n) is 2.94.